The third-order valence-corrected chi connectivity index (χ3v) is 3.87. The number of benzene rings is 1. The Balaban J connectivity index is 3.01. The molecule has 0 fully saturated rings. The fourth-order valence-corrected chi connectivity index (χ4v) is 2.50. The smallest absolute Gasteiger partial charge is 0.306 e. The van der Waals surface area contributed by atoms with Gasteiger partial charge < -0.3 is 14.7 Å². The topological polar surface area (TPSA) is 81.8 Å². The van der Waals surface area contributed by atoms with Crippen molar-refractivity contribution in [2.45, 2.75) is 65.2 Å². The van der Waals surface area contributed by atoms with E-state index in [4.69, 9.17) is 10.6 Å². The molecule has 1 aromatic rings. The number of phenols is 1. The van der Waals surface area contributed by atoms with Gasteiger partial charge in [0.25, 0.3) is 0 Å². The third-order valence-electron chi connectivity index (χ3n) is 3.87. The molecule has 5 nitrogen and oxygen atoms in total. The average molecular weight is 337 g/mol. The van der Waals surface area contributed by atoms with E-state index in [2.05, 4.69) is 46.4 Å². The minimum Gasteiger partial charge on any atom is -0.507 e. The van der Waals surface area contributed by atoms with Gasteiger partial charge in [0.15, 0.2) is 0 Å². The molecule has 3 N–H and O–H groups in total. The number of nitrogens with two attached hydrogens (primary N) is 1. The van der Waals surface area contributed by atoms with Gasteiger partial charge >= 0.3 is 5.97 Å². The summed E-state index contributed by atoms with van der Waals surface area (Å²) in [6.45, 7) is 12.8. The summed E-state index contributed by atoms with van der Waals surface area (Å²) in [5, 5.41) is 10.7. The number of rotatable bonds is 6. The molecule has 0 bridgehead atoms. The Bertz CT molecular complexity index is 533. The Labute approximate surface area is 145 Å². The number of aromatic hydroxyl groups is 1. The van der Waals surface area contributed by atoms with Crippen LogP contribution in [0, 0.1) is 0 Å². The number of esters is 1. The lowest BCUT2D eigenvalue weighted by Crippen LogP contribution is -2.18. The Kier molecular flexibility index (Phi) is 6.81. The van der Waals surface area contributed by atoms with Crippen molar-refractivity contribution in [2.75, 3.05) is 13.2 Å². The molecule has 0 unspecified atom stereocenters. The molecule has 0 aliphatic heterocycles. The first-order valence-corrected chi connectivity index (χ1v) is 8.31. The molecule has 0 heterocycles. The summed E-state index contributed by atoms with van der Waals surface area (Å²) in [4.78, 5) is 16.1. The minimum atomic E-state index is -0.283. The highest BCUT2D eigenvalue weighted by Crippen LogP contribution is 2.39. The van der Waals surface area contributed by atoms with Gasteiger partial charge in [-0.2, -0.15) is 0 Å². The number of aryl methyl sites for hydroxylation is 1. The first kappa shape index (κ1) is 20.5. The second-order valence-corrected chi connectivity index (χ2v) is 8.13. The fraction of sp³-hybridized carbons (Fsp3) is 0.632. The highest BCUT2D eigenvalue weighted by atomic mass is 16.6. The van der Waals surface area contributed by atoms with Crippen LogP contribution in [0.2, 0.25) is 0 Å². The predicted molar refractivity (Wildman–Crippen MR) is 94.9 cm³/mol. The number of hydrogen-bond acceptors (Lipinski definition) is 5. The SMILES string of the molecule is CC(C)(C)c1cc(CCC(=O)OCCON)cc(C(C)(C)C)c1O. The quantitative estimate of drug-likeness (QED) is 0.472. The van der Waals surface area contributed by atoms with Gasteiger partial charge in [-0.15, -0.1) is 0 Å². The summed E-state index contributed by atoms with van der Waals surface area (Å²) < 4.78 is 5.03. The monoisotopic (exact) mass is 337 g/mol. The Hall–Kier alpha value is -1.59. The predicted octanol–water partition coefficient (Wildman–Crippen LogP) is 3.35. The van der Waals surface area contributed by atoms with E-state index in [0.29, 0.717) is 12.2 Å². The van der Waals surface area contributed by atoms with Crippen LogP contribution < -0.4 is 5.90 Å². The first-order valence-electron chi connectivity index (χ1n) is 8.31. The number of ether oxygens (including phenoxy) is 1. The molecule has 0 radical (unpaired) electrons. The molecular weight excluding hydrogens is 306 g/mol. The van der Waals surface area contributed by atoms with E-state index in [0.717, 1.165) is 16.7 Å². The summed E-state index contributed by atoms with van der Waals surface area (Å²) in [5.41, 5.74) is 2.46. The maximum absolute atomic E-state index is 11.8. The molecule has 24 heavy (non-hydrogen) atoms. The molecule has 0 spiro atoms. The van der Waals surface area contributed by atoms with Crippen molar-refractivity contribution in [3.05, 3.63) is 28.8 Å². The maximum Gasteiger partial charge on any atom is 0.306 e. The van der Waals surface area contributed by atoms with Gasteiger partial charge in [-0.3, -0.25) is 4.79 Å². The van der Waals surface area contributed by atoms with Crippen molar-refractivity contribution < 1.29 is 19.5 Å². The molecule has 0 aliphatic carbocycles. The summed E-state index contributed by atoms with van der Waals surface area (Å²) in [6.07, 6.45) is 0.845. The number of phenolic OH excluding ortho intramolecular Hbond substituents is 1. The summed E-state index contributed by atoms with van der Waals surface area (Å²) in [6, 6.07) is 3.97. The van der Waals surface area contributed by atoms with Crippen LogP contribution in [0.5, 0.6) is 5.75 Å². The van der Waals surface area contributed by atoms with E-state index in [-0.39, 0.29) is 36.4 Å². The molecule has 1 rings (SSSR count). The molecule has 136 valence electrons. The minimum absolute atomic E-state index is 0.158. The zero-order chi connectivity index (χ0) is 18.5. The average Bonchev–Trinajstić information content (AvgIpc) is 2.44. The van der Waals surface area contributed by atoms with Gasteiger partial charge in [0.1, 0.15) is 19.0 Å². The zero-order valence-electron chi connectivity index (χ0n) is 15.7. The molecule has 0 aromatic heterocycles. The Morgan fingerprint density at radius 3 is 1.96 bits per heavy atom. The molecule has 0 aliphatic rings. The van der Waals surface area contributed by atoms with E-state index >= 15 is 0 Å². The highest BCUT2D eigenvalue weighted by Gasteiger charge is 2.26. The van der Waals surface area contributed by atoms with Crippen molar-refractivity contribution in [3.63, 3.8) is 0 Å². The van der Waals surface area contributed by atoms with Gasteiger partial charge in [-0.1, -0.05) is 53.7 Å². The van der Waals surface area contributed by atoms with Crippen LogP contribution in [0.25, 0.3) is 0 Å². The fourth-order valence-electron chi connectivity index (χ4n) is 2.50. The van der Waals surface area contributed by atoms with E-state index in [1.165, 1.54) is 0 Å². The van der Waals surface area contributed by atoms with Crippen molar-refractivity contribution >= 4 is 5.97 Å². The second-order valence-electron chi connectivity index (χ2n) is 8.13. The lowest BCUT2D eigenvalue weighted by molar-refractivity contribution is -0.145. The van der Waals surface area contributed by atoms with Gasteiger partial charge in [0.05, 0.1) is 0 Å². The molecule has 0 saturated carbocycles. The second kappa shape index (κ2) is 7.99. The van der Waals surface area contributed by atoms with Crippen LogP contribution in [0.1, 0.15) is 64.7 Å². The standard InChI is InChI=1S/C19H31NO4/c1-18(2,3)14-11-13(7-8-16(21)23-9-10-24-20)12-15(17(14)22)19(4,5)6/h11-12,22H,7-10,20H2,1-6H3. The lowest BCUT2D eigenvalue weighted by atomic mass is 9.78. The van der Waals surface area contributed by atoms with Crippen molar-refractivity contribution in [1.82, 2.24) is 0 Å². The van der Waals surface area contributed by atoms with Gasteiger partial charge in [0.2, 0.25) is 0 Å². The highest BCUT2D eigenvalue weighted by molar-refractivity contribution is 5.69. The van der Waals surface area contributed by atoms with Crippen LogP contribution in [0.4, 0.5) is 0 Å². The van der Waals surface area contributed by atoms with Gasteiger partial charge in [0, 0.05) is 6.42 Å². The largest absolute Gasteiger partial charge is 0.507 e. The maximum atomic E-state index is 11.8. The number of carbonyl (C=O) groups excluding carboxylic acids is 1. The number of carbonyl (C=O) groups is 1. The third kappa shape index (κ3) is 5.80. The van der Waals surface area contributed by atoms with Crippen molar-refractivity contribution in [1.29, 1.82) is 0 Å². The van der Waals surface area contributed by atoms with Crippen molar-refractivity contribution in [3.8, 4) is 5.75 Å². The van der Waals surface area contributed by atoms with Crippen LogP contribution >= 0.6 is 0 Å². The van der Waals surface area contributed by atoms with Crippen LogP contribution in [0.3, 0.4) is 0 Å². The lowest BCUT2D eigenvalue weighted by Gasteiger charge is -2.28. The zero-order valence-corrected chi connectivity index (χ0v) is 15.7. The molecule has 0 saturated heterocycles. The first-order chi connectivity index (χ1) is 11.0. The van der Waals surface area contributed by atoms with Crippen molar-refractivity contribution in [2.24, 2.45) is 5.90 Å². The molecule has 1 aromatic carbocycles. The van der Waals surface area contributed by atoms with E-state index < -0.39 is 0 Å². The summed E-state index contributed by atoms with van der Waals surface area (Å²) in [7, 11) is 0. The van der Waals surface area contributed by atoms with E-state index in [1.807, 2.05) is 12.1 Å². The van der Waals surface area contributed by atoms with Gasteiger partial charge in [-0.25, -0.2) is 5.90 Å². The Morgan fingerprint density at radius 1 is 1.04 bits per heavy atom. The molecule has 0 amide bonds. The summed E-state index contributed by atoms with van der Waals surface area (Å²) in [5.74, 6) is 4.96. The summed E-state index contributed by atoms with van der Waals surface area (Å²) >= 11 is 0. The molecule has 5 heteroatoms. The molecule has 0 atom stereocenters. The van der Waals surface area contributed by atoms with Gasteiger partial charge in [-0.05, 0) is 33.9 Å². The normalized spacial score (nSPS) is 12.3. The number of hydrogen-bond donors (Lipinski definition) is 2. The van der Waals surface area contributed by atoms with E-state index in [1.54, 1.807) is 0 Å². The molecular formula is C19H31NO4. The van der Waals surface area contributed by atoms with Crippen LogP contribution in [0.15, 0.2) is 12.1 Å². The Morgan fingerprint density at radius 2 is 1.54 bits per heavy atom. The van der Waals surface area contributed by atoms with Crippen LogP contribution in [-0.2, 0) is 31.6 Å². The van der Waals surface area contributed by atoms with E-state index in [9.17, 15) is 9.90 Å². The van der Waals surface area contributed by atoms with Crippen LogP contribution in [-0.4, -0.2) is 24.3 Å².